The highest BCUT2D eigenvalue weighted by Gasteiger charge is 2.28. The Morgan fingerprint density at radius 3 is 2.30 bits per heavy atom. The highest BCUT2D eigenvalue weighted by Crippen LogP contribution is 2.44. The van der Waals surface area contributed by atoms with E-state index < -0.39 is 12.1 Å². The van der Waals surface area contributed by atoms with Crippen LogP contribution in [0.3, 0.4) is 0 Å². The van der Waals surface area contributed by atoms with Crippen molar-refractivity contribution in [3.8, 4) is 11.1 Å². The fourth-order valence-corrected chi connectivity index (χ4v) is 4.11. The standard InChI is InChI=1S/C27H26N2O4/c1-32-26(30)23-14-13-18(16-25(23)28)8-6-7-15-29-27(31)33-17-24-21-11-4-2-9-19(21)20-10-3-5-12-22(20)24/h2-6,8-14,16,24H,7,15,17,28H2,1H3,(H,29,31). The second-order valence-corrected chi connectivity index (χ2v) is 7.78. The van der Waals surface area contributed by atoms with Gasteiger partial charge in [-0.05, 0) is 46.4 Å². The van der Waals surface area contributed by atoms with Crippen LogP contribution in [0.25, 0.3) is 17.2 Å². The smallest absolute Gasteiger partial charge is 0.407 e. The molecule has 3 N–H and O–H groups in total. The number of nitrogens with one attached hydrogen (secondary N) is 1. The Morgan fingerprint density at radius 1 is 1.00 bits per heavy atom. The molecular weight excluding hydrogens is 416 g/mol. The summed E-state index contributed by atoms with van der Waals surface area (Å²) in [5.41, 5.74) is 12.2. The minimum absolute atomic E-state index is 0.0430. The number of ether oxygens (including phenoxy) is 2. The molecule has 1 aliphatic rings. The molecule has 0 aliphatic heterocycles. The van der Waals surface area contributed by atoms with Crippen LogP contribution in [0.5, 0.6) is 0 Å². The van der Waals surface area contributed by atoms with Gasteiger partial charge in [-0.3, -0.25) is 0 Å². The molecule has 1 aliphatic carbocycles. The van der Waals surface area contributed by atoms with E-state index in [4.69, 9.17) is 15.2 Å². The van der Waals surface area contributed by atoms with Crippen LogP contribution in [0.2, 0.25) is 0 Å². The maximum Gasteiger partial charge on any atom is 0.407 e. The van der Waals surface area contributed by atoms with E-state index in [1.54, 1.807) is 18.2 Å². The second-order valence-electron chi connectivity index (χ2n) is 7.78. The molecule has 0 aromatic heterocycles. The predicted octanol–water partition coefficient (Wildman–Crippen LogP) is 5.00. The van der Waals surface area contributed by atoms with Crippen molar-refractivity contribution in [2.45, 2.75) is 12.3 Å². The molecule has 1 amide bonds. The first-order valence-corrected chi connectivity index (χ1v) is 10.8. The van der Waals surface area contributed by atoms with Gasteiger partial charge in [0.2, 0.25) is 0 Å². The number of carbonyl (C=O) groups excluding carboxylic acids is 2. The third-order valence-electron chi connectivity index (χ3n) is 5.72. The van der Waals surface area contributed by atoms with Crippen LogP contribution in [-0.2, 0) is 9.47 Å². The zero-order valence-corrected chi connectivity index (χ0v) is 18.4. The molecule has 0 saturated heterocycles. The highest BCUT2D eigenvalue weighted by molar-refractivity contribution is 5.95. The van der Waals surface area contributed by atoms with E-state index in [0.29, 0.717) is 30.8 Å². The van der Waals surface area contributed by atoms with Crippen LogP contribution in [-0.4, -0.2) is 32.3 Å². The van der Waals surface area contributed by atoms with Gasteiger partial charge >= 0.3 is 12.1 Å². The lowest BCUT2D eigenvalue weighted by molar-refractivity contribution is 0.0602. The third kappa shape index (κ3) is 4.90. The number of anilines is 1. The van der Waals surface area contributed by atoms with Gasteiger partial charge in [0.05, 0.1) is 12.7 Å². The van der Waals surface area contributed by atoms with E-state index in [9.17, 15) is 9.59 Å². The number of benzene rings is 3. The summed E-state index contributed by atoms with van der Waals surface area (Å²) >= 11 is 0. The first-order valence-electron chi connectivity index (χ1n) is 10.8. The number of amides is 1. The predicted molar refractivity (Wildman–Crippen MR) is 129 cm³/mol. The minimum atomic E-state index is -0.463. The molecule has 0 bridgehead atoms. The van der Waals surface area contributed by atoms with Crippen LogP contribution >= 0.6 is 0 Å². The Labute approximate surface area is 193 Å². The molecule has 0 saturated carbocycles. The molecule has 0 atom stereocenters. The highest BCUT2D eigenvalue weighted by atomic mass is 16.5. The molecule has 33 heavy (non-hydrogen) atoms. The lowest BCUT2D eigenvalue weighted by Crippen LogP contribution is -2.26. The quantitative estimate of drug-likeness (QED) is 0.305. The van der Waals surface area contributed by atoms with Gasteiger partial charge < -0.3 is 20.5 Å². The number of esters is 1. The van der Waals surface area contributed by atoms with Gasteiger partial charge in [-0.1, -0.05) is 66.7 Å². The second kappa shape index (κ2) is 10.0. The van der Waals surface area contributed by atoms with Crippen molar-refractivity contribution in [2.24, 2.45) is 0 Å². The fourth-order valence-electron chi connectivity index (χ4n) is 4.11. The number of hydrogen-bond donors (Lipinski definition) is 2. The van der Waals surface area contributed by atoms with Crippen molar-refractivity contribution >= 4 is 23.8 Å². The first-order chi connectivity index (χ1) is 16.1. The SMILES string of the molecule is COC(=O)c1ccc(C=CCCNC(=O)OCC2c3ccccc3-c3ccccc32)cc1N. The molecule has 0 heterocycles. The number of alkyl carbamates (subject to hydrolysis) is 1. The molecule has 6 heteroatoms. The summed E-state index contributed by atoms with van der Waals surface area (Å²) in [7, 11) is 1.32. The van der Waals surface area contributed by atoms with Gasteiger partial charge in [0.25, 0.3) is 0 Å². The van der Waals surface area contributed by atoms with Gasteiger partial charge in [0.1, 0.15) is 6.61 Å². The Bertz CT molecular complexity index is 1160. The number of methoxy groups -OCH3 is 1. The lowest BCUT2D eigenvalue weighted by Gasteiger charge is -2.14. The normalized spacial score (nSPS) is 12.3. The van der Waals surface area contributed by atoms with Gasteiger partial charge in [-0.15, -0.1) is 0 Å². The summed E-state index contributed by atoms with van der Waals surface area (Å²) in [6.45, 7) is 0.740. The summed E-state index contributed by atoms with van der Waals surface area (Å²) in [5.74, 6) is -0.420. The lowest BCUT2D eigenvalue weighted by atomic mass is 9.98. The molecule has 3 aromatic carbocycles. The van der Waals surface area contributed by atoms with Crippen molar-refractivity contribution in [3.05, 3.63) is 95.1 Å². The van der Waals surface area contributed by atoms with Crippen molar-refractivity contribution in [1.29, 1.82) is 0 Å². The fraction of sp³-hybridized carbons (Fsp3) is 0.185. The summed E-state index contributed by atoms with van der Waals surface area (Å²) in [4.78, 5) is 23.8. The third-order valence-corrected chi connectivity index (χ3v) is 5.72. The van der Waals surface area contributed by atoms with E-state index in [1.807, 2.05) is 36.4 Å². The van der Waals surface area contributed by atoms with E-state index in [-0.39, 0.29) is 5.92 Å². The minimum Gasteiger partial charge on any atom is -0.465 e. The molecule has 0 spiro atoms. The Kier molecular flexibility index (Phi) is 6.74. The number of hydrogen-bond acceptors (Lipinski definition) is 5. The average molecular weight is 443 g/mol. The molecule has 6 nitrogen and oxygen atoms in total. The van der Waals surface area contributed by atoms with Gasteiger partial charge in [-0.25, -0.2) is 9.59 Å². The largest absolute Gasteiger partial charge is 0.465 e. The van der Waals surface area contributed by atoms with Crippen LogP contribution < -0.4 is 11.1 Å². The molecule has 0 unspecified atom stereocenters. The number of carbonyl (C=O) groups is 2. The maximum atomic E-state index is 12.2. The summed E-state index contributed by atoms with van der Waals surface area (Å²) in [5, 5.41) is 2.79. The first kappa shape index (κ1) is 22.1. The zero-order chi connectivity index (χ0) is 23.2. The van der Waals surface area contributed by atoms with Crippen molar-refractivity contribution in [1.82, 2.24) is 5.32 Å². The summed E-state index contributed by atoms with van der Waals surface area (Å²) in [6.07, 6.45) is 4.01. The number of nitrogens with two attached hydrogens (primary N) is 1. The van der Waals surface area contributed by atoms with E-state index in [1.165, 1.54) is 29.4 Å². The van der Waals surface area contributed by atoms with Crippen molar-refractivity contribution in [3.63, 3.8) is 0 Å². The molecule has 0 fully saturated rings. The number of fused-ring (bicyclic) bond motifs is 3. The van der Waals surface area contributed by atoms with Crippen LogP contribution in [0.1, 0.15) is 39.4 Å². The van der Waals surface area contributed by atoms with E-state index in [0.717, 1.165) is 5.56 Å². The number of nitrogen functional groups attached to an aromatic ring is 1. The Hall–Kier alpha value is -4.06. The molecule has 4 rings (SSSR count). The Morgan fingerprint density at radius 2 is 1.67 bits per heavy atom. The number of rotatable bonds is 7. The van der Waals surface area contributed by atoms with E-state index >= 15 is 0 Å². The molecule has 168 valence electrons. The molecular formula is C27H26N2O4. The van der Waals surface area contributed by atoms with Gasteiger partial charge in [-0.2, -0.15) is 0 Å². The van der Waals surface area contributed by atoms with Crippen molar-refractivity contribution in [2.75, 3.05) is 26.0 Å². The topological polar surface area (TPSA) is 90.6 Å². The molecule has 3 aromatic rings. The maximum absolute atomic E-state index is 12.2. The van der Waals surface area contributed by atoms with Crippen LogP contribution in [0, 0.1) is 0 Å². The average Bonchev–Trinajstić information content (AvgIpc) is 3.16. The van der Waals surface area contributed by atoms with E-state index in [2.05, 4.69) is 29.6 Å². The van der Waals surface area contributed by atoms with Crippen LogP contribution in [0.15, 0.2) is 72.8 Å². The summed E-state index contributed by atoms with van der Waals surface area (Å²) in [6, 6.07) is 21.6. The van der Waals surface area contributed by atoms with Crippen LogP contribution in [0.4, 0.5) is 10.5 Å². The zero-order valence-electron chi connectivity index (χ0n) is 18.4. The van der Waals surface area contributed by atoms with Crippen molar-refractivity contribution < 1.29 is 19.1 Å². The van der Waals surface area contributed by atoms with Gasteiger partial charge in [0.15, 0.2) is 0 Å². The van der Waals surface area contributed by atoms with Gasteiger partial charge in [0, 0.05) is 18.2 Å². The molecule has 0 radical (unpaired) electrons. The summed E-state index contributed by atoms with van der Waals surface area (Å²) < 4.78 is 10.2. The monoisotopic (exact) mass is 442 g/mol. The Balaban J connectivity index is 1.25.